The van der Waals surface area contributed by atoms with Crippen LogP contribution < -0.4 is 15.8 Å². The minimum atomic E-state index is -0.931. The molecule has 1 aromatic heterocycles. The Morgan fingerprint density at radius 3 is 2.79 bits per heavy atom. The highest BCUT2D eigenvalue weighted by Crippen LogP contribution is 2.26. The summed E-state index contributed by atoms with van der Waals surface area (Å²) in [4.78, 5) is 19.7. The fourth-order valence-electron chi connectivity index (χ4n) is 2.70. The van der Waals surface area contributed by atoms with Gasteiger partial charge < -0.3 is 15.2 Å². The van der Waals surface area contributed by atoms with Gasteiger partial charge in [-0.15, -0.1) is 0 Å². The number of alkyl carbamates (subject to hydrolysis) is 1. The Labute approximate surface area is 171 Å². The standard InChI is InChI=1S/C18H21FN6O3S/c1-29-25-7-11(8-25)9-27-17-22-5-13(6-23-17)14-4-2-3-12(15(14)19)10-28-18(26)24-16(20)21/h2-6,11H,7-10H2,1H3,(H4,20,21,24,26). The van der Waals surface area contributed by atoms with Gasteiger partial charge in [0.05, 0.1) is 6.61 Å². The quantitative estimate of drug-likeness (QED) is 0.353. The number of nitrogens with one attached hydrogen (secondary N) is 2. The van der Waals surface area contributed by atoms with Gasteiger partial charge in [0.1, 0.15) is 12.4 Å². The van der Waals surface area contributed by atoms with E-state index in [2.05, 4.69) is 14.3 Å². The van der Waals surface area contributed by atoms with Crippen LogP contribution in [0.4, 0.5) is 9.18 Å². The SMILES string of the molecule is CSN1CC(COc2ncc(-c3cccc(COC(=O)NC(=N)N)c3F)cn2)C1. The van der Waals surface area contributed by atoms with Gasteiger partial charge in [-0.25, -0.2) is 23.5 Å². The van der Waals surface area contributed by atoms with Crippen LogP contribution in [0.25, 0.3) is 11.1 Å². The van der Waals surface area contributed by atoms with E-state index in [1.54, 1.807) is 24.1 Å². The Kier molecular flexibility index (Phi) is 6.83. The normalized spacial score (nSPS) is 14.1. The summed E-state index contributed by atoms with van der Waals surface area (Å²) in [5, 5.41) is 8.92. The van der Waals surface area contributed by atoms with Crippen molar-refractivity contribution >= 4 is 24.0 Å². The summed E-state index contributed by atoms with van der Waals surface area (Å²) in [6.07, 6.45) is 4.09. The summed E-state index contributed by atoms with van der Waals surface area (Å²) in [6.45, 7) is 2.18. The van der Waals surface area contributed by atoms with Gasteiger partial charge in [-0.3, -0.25) is 10.7 Å². The second-order valence-electron chi connectivity index (χ2n) is 6.35. The Morgan fingerprint density at radius 2 is 2.14 bits per heavy atom. The number of rotatable bonds is 7. The molecule has 1 fully saturated rings. The molecule has 0 radical (unpaired) electrons. The van der Waals surface area contributed by atoms with E-state index in [1.807, 2.05) is 11.6 Å². The molecule has 9 nitrogen and oxygen atoms in total. The maximum absolute atomic E-state index is 14.8. The lowest BCUT2D eigenvalue weighted by molar-refractivity contribution is 0.132. The van der Waals surface area contributed by atoms with Crippen LogP contribution in [-0.2, 0) is 11.3 Å². The number of hydrogen-bond acceptors (Lipinski definition) is 8. The maximum atomic E-state index is 14.8. The smallest absolute Gasteiger partial charge is 0.414 e. The third-order valence-electron chi connectivity index (χ3n) is 4.24. The number of carbonyl (C=O) groups excluding carboxylic acids is 1. The van der Waals surface area contributed by atoms with Crippen molar-refractivity contribution < 1.29 is 18.7 Å². The van der Waals surface area contributed by atoms with Crippen LogP contribution in [0.15, 0.2) is 30.6 Å². The van der Waals surface area contributed by atoms with Crippen molar-refractivity contribution in [3.8, 4) is 17.1 Å². The van der Waals surface area contributed by atoms with E-state index in [1.165, 1.54) is 18.5 Å². The molecule has 154 valence electrons. The van der Waals surface area contributed by atoms with E-state index < -0.39 is 17.9 Å². The third-order valence-corrected chi connectivity index (χ3v) is 5.06. The highest BCUT2D eigenvalue weighted by Gasteiger charge is 2.26. The number of halogens is 1. The number of amides is 1. The van der Waals surface area contributed by atoms with Crippen molar-refractivity contribution in [3.05, 3.63) is 42.0 Å². The molecule has 0 bridgehead atoms. The molecule has 0 atom stereocenters. The van der Waals surface area contributed by atoms with Crippen molar-refractivity contribution in [2.45, 2.75) is 6.61 Å². The average Bonchev–Trinajstić information content (AvgIpc) is 2.66. The molecule has 2 aromatic rings. The molecular formula is C18H21FN6O3S. The molecule has 2 heterocycles. The van der Waals surface area contributed by atoms with Gasteiger partial charge >= 0.3 is 12.1 Å². The second kappa shape index (κ2) is 9.52. The van der Waals surface area contributed by atoms with Gasteiger partial charge in [0, 0.05) is 48.1 Å². The molecule has 29 heavy (non-hydrogen) atoms. The van der Waals surface area contributed by atoms with E-state index in [9.17, 15) is 9.18 Å². The molecule has 1 aromatic carbocycles. The van der Waals surface area contributed by atoms with Crippen LogP contribution in [0, 0.1) is 17.1 Å². The van der Waals surface area contributed by atoms with Gasteiger partial charge in [0.15, 0.2) is 5.96 Å². The van der Waals surface area contributed by atoms with E-state index in [4.69, 9.17) is 20.6 Å². The minimum absolute atomic E-state index is 0.171. The lowest BCUT2D eigenvalue weighted by Gasteiger charge is -2.36. The van der Waals surface area contributed by atoms with Crippen molar-refractivity contribution in [2.24, 2.45) is 11.7 Å². The molecular weight excluding hydrogens is 399 g/mol. The van der Waals surface area contributed by atoms with Crippen LogP contribution in [0.3, 0.4) is 0 Å². The second-order valence-corrected chi connectivity index (χ2v) is 7.24. The highest BCUT2D eigenvalue weighted by molar-refractivity contribution is 7.96. The largest absolute Gasteiger partial charge is 0.463 e. The summed E-state index contributed by atoms with van der Waals surface area (Å²) in [5.41, 5.74) is 5.96. The van der Waals surface area contributed by atoms with Crippen LogP contribution in [0.5, 0.6) is 6.01 Å². The van der Waals surface area contributed by atoms with Crippen molar-refractivity contribution in [1.29, 1.82) is 5.41 Å². The summed E-state index contributed by atoms with van der Waals surface area (Å²) < 4.78 is 27.5. The summed E-state index contributed by atoms with van der Waals surface area (Å²) >= 11 is 1.71. The third kappa shape index (κ3) is 5.55. The lowest BCUT2D eigenvalue weighted by Crippen LogP contribution is -2.44. The Morgan fingerprint density at radius 1 is 1.41 bits per heavy atom. The fourth-order valence-corrected chi connectivity index (χ4v) is 3.42. The number of ether oxygens (including phenoxy) is 2. The first kappa shape index (κ1) is 20.8. The Balaban J connectivity index is 1.60. The van der Waals surface area contributed by atoms with Crippen LogP contribution >= 0.6 is 11.9 Å². The molecule has 0 aliphatic carbocycles. The van der Waals surface area contributed by atoms with E-state index in [-0.39, 0.29) is 23.7 Å². The summed E-state index contributed by atoms with van der Waals surface area (Å²) in [6, 6.07) is 4.96. The number of aromatic nitrogens is 2. The maximum Gasteiger partial charge on any atom is 0.414 e. The van der Waals surface area contributed by atoms with Crippen molar-refractivity contribution in [2.75, 3.05) is 26.0 Å². The Hall–Kier alpha value is -2.92. The molecule has 11 heteroatoms. The number of benzene rings is 1. The predicted molar refractivity (Wildman–Crippen MR) is 107 cm³/mol. The zero-order valence-electron chi connectivity index (χ0n) is 15.7. The molecule has 0 spiro atoms. The van der Waals surface area contributed by atoms with Gasteiger partial charge in [-0.1, -0.05) is 30.1 Å². The molecule has 1 aliphatic heterocycles. The Bertz CT molecular complexity index is 876. The van der Waals surface area contributed by atoms with Gasteiger partial charge in [-0.2, -0.15) is 0 Å². The fraction of sp³-hybridized carbons (Fsp3) is 0.333. The van der Waals surface area contributed by atoms with E-state index >= 15 is 0 Å². The molecule has 4 N–H and O–H groups in total. The number of carbonyl (C=O) groups is 1. The molecule has 3 rings (SSSR count). The predicted octanol–water partition coefficient (Wildman–Crippen LogP) is 1.99. The first-order valence-corrected chi connectivity index (χ1v) is 9.94. The van der Waals surface area contributed by atoms with Crippen LogP contribution in [0.2, 0.25) is 0 Å². The highest BCUT2D eigenvalue weighted by atomic mass is 32.2. The van der Waals surface area contributed by atoms with Crippen LogP contribution in [0.1, 0.15) is 5.56 Å². The number of guanidine groups is 1. The first-order valence-electron chi connectivity index (χ1n) is 8.75. The molecule has 1 amide bonds. The molecule has 0 saturated carbocycles. The summed E-state index contributed by atoms with van der Waals surface area (Å²) in [7, 11) is 0. The van der Waals surface area contributed by atoms with Crippen molar-refractivity contribution in [1.82, 2.24) is 19.6 Å². The first-order chi connectivity index (χ1) is 14.0. The van der Waals surface area contributed by atoms with Gasteiger partial charge in [-0.05, 0) is 6.26 Å². The monoisotopic (exact) mass is 420 g/mol. The number of hydrogen-bond donors (Lipinski definition) is 3. The van der Waals surface area contributed by atoms with E-state index in [0.717, 1.165) is 13.1 Å². The summed E-state index contributed by atoms with van der Waals surface area (Å²) in [5.74, 6) is -0.644. The zero-order chi connectivity index (χ0) is 20.8. The molecule has 0 unspecified atom stereocenters. The molecule has 1 saturated heterocycles. The number of nitrogens with zero attached hydrogens (tertiary/aromatic N) is 3. The molecule has 1 aliphatic rings. The minimum Gasteiger partial charge on any atom is -0.463 e. The topological polar surface area (TPSA) is 126 Å². The van der Waals surface area contributed by atoms with Gasteiger partial charge in [0.2, 0.25) is 0 Å². The zero-order valence-corrected chi connectivity index (χ0v) is 16.5. The average molecular weight is 420 g/mol. The van der Waals surface area contributed by atoms with Gasteiger partial charge in [0.25, 0.3) is 0 Å². The van der Waals surface area contributed by atoms with E-state index in [0.29, 0.717) is 18.1 Å². The van der Waals surface area contributed by atoms with Crippen molar-refractivity contribution in [3.63, 3.8) is 0 Å². The van der Waals surface area contributed by atoms with Crippen LogP contribution in [-0.4, -0.2) is 52.3 Å². The number of nitrogens with two attached hydrogens (primary N) is 1. The lowest BCUT2D eigenvalue weighted by atomic mass is 10.1.